The fourth-order valence-corrected chi connectivity index (χ4v) is 3.10. The Kier molecular flexibility index (Phi) is 4.32. The van der Waals surface area contributed by atoms with Crippen LogP contribution >= 0.6 is 15.9 Å². The molecule has 21 heavy (non-hydrogen) atoms. The van der Waals surface area contributed by atoms with Gasteiger partial charge in [0.25, 0.3) is 0 Å². The van der Waals surface area contributed by atoms with Crippen molar-refractivity contribution in [3.05, 3.63) is 40.1 Å². The quantitative estimate of drug-likeness (QED) is 0.847. The SMILES string of the molecule is CC(c1nnnn1C)N1CCOC(c2cccc(Br)c2)C1. The topological polar surface area (TPSA) is 56.1 Å². The van der Waals surface area contributed by atoms with Crippen LogP contribution in [0, 0.1) is 0 Å². The summed E-state index contributed by atoms with van der Waals surface area (Å²) >= 11 is 3.51. The van der Waals surface area contributed by atoms with E-state index >= 15 is 0 Å². The lowest BCUT2D eigenvalue weighted by atomic mass is 10.1. The van der Waals surface area contributed by atoms with Gasteiger partial charge in [-0.1, -0.05) is 28.1 Å². The third-order valence-electron chi connectivity index (χ3n) is 3.89. The number of rotatable bonds is 3. The van der Waals surface area contributed by atoms with E-state index in [1.54, 1.807) is 4.68 Å². The van der Waals surface area contributed by atoms with Crippen molar-refractivity contribution in [1.29, 1.82) is 0 Å². The average Bonchev–Trinajstić information content (AvgIpc) is 2.93. The first-order chi connectivity index (χ1) is 10.1. The summed E-state index contributed by atoms with van der Waals surface area (Å²) in [4.78, 5) is 2.36. The molecule has 0 radical (unpaired) electrons. The summed E-state index contributed by atoms with van der Waals surface area (Å²) in [6.45, 7) is 4.57. The Hall–Kier alpha value is -1.31. The third-order valence-corrected chi connectivity index (χ3v) is 4.39. The van der Waals surface area contributed by atoms with Gasteiger partial charge in [0.2, 0.25) is 0 Å². The van der Waals surface area contributed by atoms with Gasteiger partial charge in [-0.05, 0) is 35.0 Å². The van der Waals surface area contributed by atoms with Crippen molar-refractivity contribution in [3.8, 4) is 0 Å². The zero-order valence-corrected chi connectivity index (χ0v) is 13.7. The van der Waals surface area contributed by atoms with E-state index in [2.05, 4.69) is 55.4 Å². The Bertz CT molecular complexity index is 617. The number of halogens is 1. The first kappa shape index (κ1) is 14.6. The van der Waals surface area contributed by atoms with Crippen LogP contribution in [0.5, 0.6) is 0 Å². The Morgan fingerprint density at radius 3 is 3.00 bits per heavy atom. The molecule has 1 aromatic heterocycles. The van der Waals surface area contributed by atoms with Crippen LogP contribution in [0.1, 0.15) is 30.5 Å². The largest absolute Gasteiger partial charge is 0.371 e. The van der Waals surface area contributed by atoms with E-state index in [9.17, 15) is 0 Å². The van der Waals surface area contributed by atoms with Gasteiger partial charge in [0.15, 0.2) is 5.82 Å². The molecule has 2 atom stereocenters. The molecule has 7 heteroatoms. The minimum atomic E-state index is 0.0832. The molecule has 0 amide bonds. The molecule has 1 fully saturated rings. The van der Waals surface area contributed by atoms with Crippen LogP contribution in [0.15, 0.2) is 28.7 Å². The summed E-state index contributed by atoms with van der Waals surface area (Å²) in [7, 11) is 1.87. The summed E-state index contributed by atoms with van der Waals surface area (Å²) in [6.07, 6.45) is 0.0832. The van der Waals surface area contributed by atoms with Gasteiger partial charge in [0.05, 0.1) is 18.8 Å². The molecule has 2 heterocycles. The Morgan fingerprint density at radius 2 is 2.29 bits per heavy atom. The lowest BCUT2D eigenvalue weighted by Crippen LogP contribution is -2.40. The average molecular weight is 352 g/mol. The molecule has 0 aliphatic carbocycles. The summed E-state index contributed by atoms with van der Waals surface area (Å²) in [5.41, 5.74) is 1.19. The second-order valence-corrected chi connectivity index (χ2v) is 6.16. The number of nitrogens with zero attached hydrogens (tertiary/aromatic N) is 5. The van der Waals surface area contributed by atoms with Crippen LogP contribution < -0.4 is 0 Å². The van der Waals surface area contributed by atoms with E-state index in [1.807, 2.05) is 19.2 Å². The van der Waals surface area contributed by atoms with E-state index in [-0.39, 0.29) is 12.1 Å². The normalized spacial score (nSPS) is 21.4. The number of ether oxygens (including phenoxy) is 1. The fraction of sp³-hybridized carbons (Fsp3) is 0.500. The second kappa shape index (κ2) is 6.21. The van der Waals surface area contributed by atoms with E-state index in [0.717, 1.165) is 23.4 Å². The smallest absolute Gasteiger partial charge is 0.167 e. The maximum atomic E-state index is 5.93. The molecule has 1 aliphatic heterocycles. The first-order valence-electron chi connectivity index (χ1n) is 6.98. The molecule has 1 aliphatic rings. The Balaban J connectivity index is 1.75. The number of aromatic nitrogens is 4. The highest BCUT2D eigenvalue weighted by atomic mass is 79.9. The molecular formula is C14H18BrN5O. The van der Waals surface area contributed by atoms with Crippen LogP contribution in [0.4, 0.5) is 0 Å². The predicted octanol–water partition coefficient (Wildman–Crippen LogP) is 2.11. The van der Waals surface area contributed by atoms with Crippen LogP contribution in [-0.2, 0) is 11.8 Å². The summed E-state index contributed by atoms with van der Waals surface area (Å²) in [6, 6.07) is 8.45. The van der Waals surface area contributed by atoms with Gasteiger partial charge in [-0.15, -0.1) is 5.10 Å². The monoisotopic (exact) mass is 351 g/mol. The van der Waals surface area contributed by atoms with Crippen LogP contribution in [0.2, 0.25) is 0 Å². The Morgan fingerprint density at radius 1 is 1.43 bits per heavy atom. The number of tetrazole rings is 1. The maximum absolute atomic E-state index is 5.93. The van der Waals surface area contributed by atoms with Crippen molar-refractivity contribution < 1.29 is 4.74 Å². The molecule has 6 nitrogen and oxygen atoms in total. The van der Waals surface area contributed by atoms with Crippen LogP contribution in [0.3, 0.4) is 0 Å². The van der Waals surface area contributed by atoms with Crippen molar-refractivity contribution in [2.75, 3.05) is 19.7 Å². The lowest BCUT2D eigenvalue weighted by molar-refractivity contribution is -0.0446. The molecule has 0 bridgehead atoms. The summed E-state index contributed by atoms with van der Waals surface area (Å²) in [5.74, 6) is 0.880. The van der Waals surface area contributed by atoms with Crippen LogP contribution in [0.25, 0.3) is 0 Å². The van der Waals surface area contributed by atoms with Gasteiger partial charge in [0, 0.05) is 24.6 Å². The lowest BCUT2D eigenvalue weighted by Gasteiger charge is -2.36. The number of benzene rings is 1. The van der Waals surface area contributed by atoms with E-state index < -0.39 is 0 Å². The zero-order chi connectivity index (χ0) is 14.8. The maximum Gasteiger partial charge on any atom is 0.167 e. The van der Waals surface area contributed by atoms with Crippen molar-refractivity contribution in [3.63, 3.8) is 0 Å². The summed E-state index contributed by atoms with van der Waals surface area (Å²) < 4.78 is 8.73. The van der Waals surface area contributed by atoms with Crippen molar-refractivity contribution in [2.24, 2.45) is 7.05 Å². The molecule has 3 rings (SSSR count). The van der Waals surface area contributed by atoms with Crippen molar-refractivity contribution in [1.82, 2.24) is 25.1 Å². The van der Waals surface area contributed by atoms with Gasteiger partial charge >= 0.3 is 0 Å². The molecule has 1 saturated heterocycles. The van der Waals surface area contributed by atoms with Gasteiger partial charge in [-0.2, -0.15) is 0 Å². The number of aryl methyl sites for hydroxylation is 1. The van der Waals surface area contributed by atoms with E-state index in [0.29, 0.717) is 6.61 Å². The van der Waals surface area contributed by atoms with Gasteiger partial charge in [-0.3, -0.25) is 4.90 Å². The van der Waals surface area contributed by atoms with E-state index in [1.165, 1.54) is 5.56 Å². The third kappa shape index (κ3) is 3.14. The molecule has 0 N–H and O–H groups in total. The molecule has 0 saturated carbocycles. The van der Waals surface area contributed by atoms with E-state index in [4.69, 9.17) is 4.74 Å². The molecule has 112 valence electrons. The number of hydrogen-bond acceptors (Lipinski definition) is 5. The molecule has 2 unspecified atom stereocenters. The number of hydrogen-bond donors (Lipinski definition) is 0. The fourth-order valence-electron chi connectivity index (χ4n) is 2.68. The van der Waals surface area contributed by atoms with Gasteiger partial charge in [-0.25, -0.2) is 4.68 Å². The predicted molar refractivity (Wildman–Crippen MR) is 81.6 cm³/mol. The molecule has 1 aromatic carbocycles. The first-order valence-corrected chi connectivity index (χ1v) is 7.78. The Labute approximate surface area is 132 Å². The minimum Gasteiger partial charge on any atom is -0.371 e. The summed E-state index contributed by atoms with van der Waals surface area (Å²) in [5, 5.41) is 11.8. The van der Waals surface area contributed by atoms with Crippen molar-refractivity contribution >= 4 is 15.9 Å². The molecule has 2 aromatic rings. The highest BCUT2D eigenvalue weighted by molar-refractivity contribution is 9.10. The highest BCUT2D eigenvalue weighted by Crippen LogP contribution is 2.28. The number of morpholine rings is 1. The molecule has 0 spiro atoms. The van der Waals surface area contributed by atoms with Crippen LogP contribution in [-0.4, -0.2) is 44.8 Å². The highest BCUT2D eigenvalue weighted by Gasteiger charge is 2.28. The van der Waals surface area contributed by atoms with Gasteiger partial charge < -0.3 is 4.74 Å². The molecular weight excluding hydrogens is 334 g/mol. The minimum absolute atomic E-state index is 0.0832. The standard InChI is InChI=1S/C14H18BrN5O/c1-10(14-16-17-18-19(14)2)20-6-7-21-13(9-20)11-4-3-5-12(15)8-11/h3-5,8,10,13H,6-7,9H2,1-2H3. The second-order valence-electron chi connectivity index (χ2n) is 5.25. The zero-order valence-electron chi connectivity index (χ0n) is 12.1. The van der Waals surface area contributed by atoms with Crippen molar-refractivity contribution in [2.45, 2.75) is 19.1 Å². The van der Waals surface area contributed by atoms with Gasteiger partial charge in [0.1, 0.15) is 0 Å².